The standard InChI is InChI=1S/C30H26FN5O2S2/c31-22-9-11-23(12-10-22)33-16-18-34(19-17-33)27-24(28(37)35-14-5-4-8-26(35)32-27)20-25-29(38)36(30(39)40-25)15-13-21-6-2-1-3-7-21/h1-12,14,20H,13,15-19H2/b25-20+. The first-order valence-corrected chi connectivity index (χ1v) is 14.3. The van der Waals surface area contributed by atoms with Crippen molar-refractivity contribution in [3.05, 3.63) is 111 Å². The molecule has 202 valence electrons. The SMILES string of the molecule is O=C1/C(=C\c2c(N3CCN(c4ccc(F)cc4)CC3)nc3ccccn3c2=O)SC(=S)N1CCc1ccccc1. The van der Waals surface area contributed by atoms with Crippen molar-refractivity contribution >= 4 is 57.4 Å². The van der Waals surface area contributed by atoms with Gasteiger partial charge < -0.3 is 9.80 Å². The van der Waals surface area contributed by atoms with Crippen LogP contribution >= 0.6 is 24.0 Å². The van der Waals surface area contributed by atoms with Crippen LogP contribution in [0.2, 0.25) is 0 Å². The highest BCUT2D eigenvalue weighted by molar-refractivity contribution is 8.26. The quantitative estimate of drug-likeness (QED) is 0.248. The molecule has 1 amide bonds. The minimum Gasteiger partial charge on any atom is -0.368 e. The number of thioether (sulfide) groups is 1. The third kappa shape index (κ3) is 5.24. The Labute approximate surface area is 240 Å². The van der Waals surface area contributed by atoms with Crippen LogP contribution in [-0.2, 0) is 11.2 Å². The first-order valence-electron chi connectivity index (χ1n) is 13.0. The van der Waals surface area contributed by atoms with Gasteiger partial charge in [-0.25, -0.2) is 9.37 Å². The van der Waals surface area contributed by atoms with Gasteiger partial charge in [-0.1, -0.05) is 60.4 Å². The largest absolute Gasteiger partial charge is 0.368 e. The molecule has 40 heavy (non-hydrogen) atoms. The van der Waals surface area contributed by atoms with Gasteiger partial charge in [-0.05, 0) is 54.5 Å². The van der Waals surface area contributed by atoms with Crippen molar-refractivity contribution in [3.8, 4) is 0 Å². The molecule has 0 radical (unpaired) electrons. The van der Waals surface area contributed by atoms with Crippen LogP contribution in [0.5, 0.6) is 0 Å². The predicted molar refractivity (Wildman–Crippen MR) is 162 cm³/mol. The van der Waals surface area contributed by atoms with Crippen LogP contribution in [0, 0.1) is 5.82 Å². The summed E-state index contributed by atoms with van der Waals surface area (Å²) in [6, 6.07) is 21.8. The number of carbonyl (C=O) groups excluding carboxylic acids is 1. The van der Waals surface area contributed by atoms with E-state index in [2.05, 4.69) is 9.80 Å². The molecule has 4 heterocycles. The number of halogens is 1. The van der Waals surface area contributed by atoms with E-state index in [1.165, 1.54) is 28.3 Å². The number of hydrogen-bond donors (Lipinski definition) is 0. The van der Waals surface area contributed by atoms with Crippen LogP contribution in [0.15, 0.2) is 88.7 Å². The monoisotopic (exact) mass is 571 g/mol. The first kappa shape index (κ1) is 26.2. The number of pyridine rings is 1. The Morgan fingerprint density at radius 3 is 2.35 bits per heavy atom. The van der Waals surface area contributed by atoms with Crippen molar-refractivity contribution in [2.75, 3.05) is 42.5 Å². The molecule has 10 heteroatoms. The Bertz CT molecular complexity index is 1670. The molecule has 4 aromatic rings. The van der Waals surface area contributed by atoms with Gasteiger partial charge >= 0.3 is 0 Å². The number of hydrogen-bond acceptors (Lipinski definition) is 7. The lowest BCUT2D eigenvalue weighted by atomic mass is 10.1. The lowest BCUT2D eigenvalue weighted by molar-refractivity contribution is -0.122. The van der Waals surface area contributed by atoms with Crippen LogP contribution < -0.4 is 15.4 Å². The zero-order chi connectivity index (χ0) is 27.6. The molecule has 7 nitrogen and oxygen atoms in total. The van der Waals surface area contributed by atoms with E-state index >= 15 is 0 Å². The summed E-state index contributed by atoms with van der Waals surface area (Å²) >= 11 is 6.77. The smallest absolute Gasteiger partial charge is 0.267 e. The maximum atomic E-state index is 13.7. The predicted octanol–water partition coefficient (Wildman–Crippen LogP) is 4.60. The number of piperazine rings is 1. The average molecular weight is 572 g/mol. The van der Waals surface area contributed by atoms with Gasteiger partial charge in [0, 0.05) is 44.6 Å². The second-order valence-corrected chi connectivity index (χ2v) is 11.3. The Morgan fingerprint density at radius 1 is 0.900 bits per heavy atom. The van der Waals surface area contributed by atoms with Crippen LogP contribution in [0.1, 0.15) is 11.1 Å². The fraction of sp³-hybridized carbons (Fsp3) is 0.200. The van der Waals surface area contributed by atoms with E-state index in [9.17, 15) is 14.0 Å². The second-order valence-electron chi connectivity index (χ2n) is 9.60. The number of fused-ring (bicyclic) bond motifs is 1. The fourth-order valence-electron chi connectivity index (χ4n) is 5.00. The molecular formula is C30H26FN5O2S2. The summed E-state index contributed by atoms with van der Waals surface area (Å²) in [6.45, 7) is 3.07. The molecule has 0 bridgehead atoms. The van der Waals surface area contributed by atoms with E-state index in [1.54, 1.807) is 41.4 Å². The second kappa shape index (κ2) is 11.2. The van der Waals surface area contributed by atoms with Crippen molar-refractivity contribution < 1.29 is 9.18 Å². The highest BCUT2D eigenvalue weighted by atomic mass is 32.2. The molecule has 2 aromatic heterocycles. The van der Waals surface area contributed by atoms with E-state index in [0.717, 1.165) is 11.3 Å². The van der Waals surface area contributed by atoms with Gasteiger partial charge in [-0.15, -0.1) is 0 Å². The Morgan fingerprint density at radius 2 is 1.60 bits per heavy atom. The zero-order valence-corrected chi connectivity index (χ0v) is 23.2. The van der Waals surface area contributed by atoms with Crippen LogP contribution in [-0.4, -0.2) is 57.2 Å². The molecule has 0 saturated carbocycles. The van der Waals surface area contributed by atoms with Crippen molar-refractivity contribution in [1.82, 2.24) is 14.3 Å². The van der Waals surface area contributed by atoms with Gasteiger partial charge in [-0.3, -0.25) is 18.9 Å². The average Bonchev–Trinajstić information content (AvgIpc) is 3.25. The highest BCUT2D eigenvalue weighted by Crippen LogP contribution is 2.34. The molecular weight excluding hydrogens is 545 g/mol. The van der Waals surface area contributed by atoms with Crippen LogP contribution in [0.4, 0.5) is 15.9 Å². The van der Waals surface area contributed by atoms with E-state index in [1.807, 2.05) is 36.4 Å². The Hall–Kier alpha value is -4.02. The summed E-state index contributed by atoms with van der Waals surface area (Å²) < 4.78 is 15.4. The van der Waals surface area contributed by atoms with Crippen molar-refractivity contribution in [1.29, 1.82) is 0 Å². The third-order valence-corrected chi connectivity index (χ3v) is 8.51. The molecule has 2 fully saturated rings. The Balaban J connectivity index is 1.29. The normalized spacial score (nSPS) is 16.9. The molecule has 0 unspecified atom stereocenters. The Kier molecular flexibility index (Phi) is 7.36. The molecule has 0 N–H and O–H groups in total. The number of carbonyl (C=O) groups is 1. The fourth-order valence-corrected chi connectivity index (χ4v) is 6.29. The molecule has 6 rings (SSSR count). The summed E-state index contributed by atoms with van der Waals surface area (Å²) in [4.78, 5) is 38.3. The maximum Gasteiger partial charge on any atom is 0.267 e. The molecule has 2 aliphatic heterocycles. The number of thiocarbonyl (C=S) groups is 1. The summed E-state index contributed by atoms with van der Waals surface area (Å²) in [5.74, 6) is 0.0819. The molecule has 0 aliphatic carbocycles. The van der Waals surface area contributed by atoms with Crippen LogP contribution in [0.3, 0.4) is 0 Å². The number of benzene rings is 2. The number of amides is 1. The van der Waals surface area contributed by atoms with E-state index < -0.39 is 0 Å². The number of rotatable bonds is 6. The number of nitrogens with zero attached hydrogens (tertiary/aromatic N) is 5. The van der Waals surface area contributed by atoms with Gasteiger partial charge in [0.05, 0.1) is 10.5 Å². The molecule has 2 aromatic carbocycles. The molecule has 0 atom stereocenters. The molecule has 2 saturated heterocycles. The van der Waals surface area contributed by atoms with E-state index in [-0.39, 0.29) is 17.3 Å². The summed E-state index contributed by atoms with van der Waals surface area (Å²) in [6.07, 6.45) is 4.02. The lowest BCUT2D eigenvalue weighted by Gasteiger charge is -2.37. The summed E-state index contributed by atoms with van der Waals surface area (Å²) in [5, 5.41) is 0. The van der Waals surface area contributed by atoms with Gasteiger partial charge in [-0.2, -0.15) is 0 Å². The van der Waals surface area contributed by atoms with E-state index in [0.29, 0.717) is 65.4 Å². The summed E-state index contributed by atoms with van der Waals surface area (Å²) in [7, 11) is 0. The highest BCUT2D eigenvalue weighted by Gasteiger charge is 2.33. The van der Waals surface area contributed by atoms with Gasteiger partial charge in [0.15, 0.2) is 0 Å². The topological polar surface area (TPSA) is 61.2 Å². The third-order valence-electron chi connectivity index (χ3n) is 7.14. The minimum atomic E-state index is -0.265. The molecule has 2 aliphatic rings. The van der Waals surface area contributed by atoms with E-state index in [4.69, 9.17) is 17.2 Å². The van der Waals surface area contributed by atoms with Gasteiger partial charge in [0.2, 0.25) is 0 Å². The van der Waals surface area contributed by atoms with Crippen molar-refractivity contribution in [2.45, 2.75) is 6.42 Å². The number of anilines is 2. The van der Waals surface area contributed by atoms with Crippen LogP contribution in [0.25, 0.3) is 11.7 Å². The maximum absolute atomic E-state index is 13.7. The lowest BCUT2D eigenvalue weighted by Crippen LogP contribution is -2.47. The van der Waals surface area contributed by atoms with Gasteiger partial charge in [0.25, 0.3) is 11.5 Å². The molecule has 0 spiro atoms. The van der Waals surface area contributed by atoms with Crippen molar-refractivity contribution in [2.24, 2.45) is 0 Å². The summed E-state index contributed by atoms with van der Waals surface area (Å²) in [5.41, 5.74) is 2.74. The first-order chi connectivity index (χ1) is 19.5. The van der Waals surface area contributed by atoms with Gasteiger partial charge in [0.1, 0.15) is 21.6 Å². The van der Waals surface area contributed by atoms with Crippen molar-refractivity contribution in [3.63, 3.8) is 0 Å². The minimum absolute atomic E-state index is 0.199. The zero-order valence-electron chi connectivity index (χ0n) is 21.6. The number of aromatic nitrogens is 2.